The number of nitrogens with zero attached hydrogens (tertiary/aromatic N) is 2. The van der Waals surface area contributed by atoms with Gasteiger partial charge in [0, 0.05) is 17.8 Å². The van der Waals surface area contributed by atoms with Crippen LogP contribution >= 0.6 is 0 Å². The lowest BCUT2D eigenvalue weighted by Crippen LogP contribution is -2.11. The summed E-state index contributed by atoms with van der Waals surface area (Å²) in [5.74, 6) is -0.819. The second-order valence-corrected chi connectivity index (χ2v) is 5.25. The maximum Gasteiger partial charge on any atom is 0.307 e. The molecular formula is C13H16N2O2. The van der Waals surface area contributed by atoms with Crippen molar-refractivity contribution < 1.29 is 9.90 Å². The number of hydrogen-bond acceptors (Lipinski definition) is 2. The maximum absolute atomic E-state index is 10.6. The highest BCUT2D eigenvalue weighted by molar-refractivity contribution is 5.70. The van der Waals surface area contributed by atoms with Crippen molar-refractivity contribution in [1.29, 1.82) is 0 Å². The molecule has 0 amide bonds. The van der Waals surface area contributed by atoms with Crippen molar-refractivity contribution in [1.82, 2.24) is 9.38 Å². The zero-order chi connectivity index (χ0) is 12.6. The first-order chi connectivity index (χ1) is 7.86. The summed E-state index contributed by atoms with van der Waals surface area (Å²) >= 11 is 0. The predicted molar refractivity (Wildman–Crippen MR) is 65.2 cm³/mol. The van der Waals surface area contributed by atoms with Gasteiger partial charge in [0.05, 0.1) is 12.1 Å². The molecule has 0 spiro atoms. The summed E-state index contributed by atoms with van der Waals surface area (Å²) in [6.45, 7) is 6.31. The summed E-state index contributed by atoms with van der Waals surface area (Å²) in [5, 5.41) is 8.75. The summed E-state index contributed by atoms with van der Waals surface area (Å²) in [6, 6.07) is 3.66. The normalized spacial score (nSPS) is 11.9. The van der Waals surface area contributed by atoms with Gasteiger partial charge in [-0.2, -0.15) is 0 Å². The third-order valence-corrected chi connectivity index (χ3v) is 2.64. The number of carbonyl (C=O) groups is 1. The van der Waals surface area contributed by atoms with E-state index in [1.165, 1.54) is 0 Å². The average molecular weight is 232 g/mol. The number of hydrogen-bond donors (Lipinski definition) is 1. The van der Waals surface area contributed by atoms with Crippen LogP contribution in [0.4, 0.5) is 0 Å². The van der Waals surface area contributed by atoms with Gasteiger partial charge in [0.25, 0.3) is 0 Å². The van der Waals surface area contributed by atoms with Gasteiger partial charge in [-0.3, -0.25) is 4.79 Å². The number of rotatable bonds is 2. The highest BCUT2D eigenvalue weighted by atomic mass is 16.4. The fourth-order valence-electron chi connectivity index (χ4n) is 1.68. The van der Waals surface area contributed by atoms with Gasteiger partial charge in [-0.05, 0) is 11.6 Å². The zero-order valence-electron chi connectivity index (χ0n) is 10.3. The largest absolute Gasteiger partial charge is 0.481 e. The number of fused-ring (bicyclic) bond motifs is 1. The molecule has 4 heteroatoms. The van der Waals surface area contributed by atoms with Crippen LogP contribution in [0.1, 0.15) is 32.0 Å². The molecule has 90 valence electrons. The van der Waals surface area contributed by atoms with Gasteiger partial charge in [-0.15, -0.1) is 0 Å². The fraction of sp³-hybridized carbons (Fsp3) is 0.385. The molecule has 1 N–H and O–H groups in total. The van der Waals surface area contributed by atoms with Crippen LogP contribution in [0.15, 0.2) is 24.5 Å². The molecule has 0 fully saturated rings. The summed E-state index contributed by atoms with van der Waals surface area (Å²) in [4.78, 5) is 15.2. The summed E-state index contributed by atoms with van der Waals surface area (Å²) in [5.41, 5.74) is 2.64. The third-order valence-electron chi connectivity index (χ3n) is 2.64. The second kappa shape index (κ2) is 3.87. The van der Waals surface area contributed by atoms with Gasteiger partial charge in [0.15, 0.2) is 0 Å². The lowest BCUT2D eigenvalue weighted by atomic mass is 9.93. The molecule has 0 aliphatic carbocycles. The molecule has 0 atom stereocenters. The molecule has 0 saturated carbocycles. The molecule has 0 bridgehead atoms. The monoisotopic (exact) mass is 232 g/mol. The van der Waals surface area contributed by atoms with Crippen molar-refractivity contribution in [2.24, 2.45) is 0 Å². The number of carboxylic acid groups (broad SMARTS) is 1. The van der Waals surface area contributed by atoms with E-state index in [4.69, 9.17) is 5.11 Å². The molecule has 17 heavy (non-hydrogen) atoms. The molecule has 0 radical (unpaired) electrons. The SMILES string of the molecule is CC(C)(C)c1cn2cc(CC(=O)O)ccc2n1. The van der Waals surface area contributed by atoms with E-state index in [-0.39, 0.29) is 11.8 Å². The van der Waals surface area contributed by atoms with Crippen LogP contribution in [0.25, 0.3) is 5.65 Å². The Balaban J connectivity index is 2.44. The minimum Gasteiger partial charge on any atom is -0.481 e. The first-order valence-electron chi connectivity index (χ1n) is 5.56. The van der Waals surface area contributed by atoms with Gasteiger partial charge in [0.2, 0.25) is 0 Å². The Labute approximate surface area is 99.9 Å². The Morgan fingerprint density at radius 2 is 2.06 bits per heavy atom. The van der Waals surface area contributed by atoms with Crippen LogP contribution in [0, 0.1) is 0 Å². The van der Waals surface area contributed by atoms with Crippen molar-refractivity contribution >= 4 is 11.6 Å². The molecule has 0 aliphatic heterocycles. The molecule has 0 aromatic carbocycles. The molecule has 0 saturated heterocycles. The van der Waals surface area contributed by atoms with Crippen LogP contribution in [-0.4, -0.2) is 20.5 Å². The number of carboxylic acids is 1. The predicted octanol–water partition coefficient (Wildman–Crippen LogP) is 2.26. The topological polar surface area (TPSA) is 54.6 Å². The summed E-state index contributed by atoms with van der Waals surface area (Å²) in [7, 11) is 0. The van der Waals surface area contributed by atoms with Crippen LogP contribution in [0.2, 0.25) is 0 Å². The first-order valence-corrected chi connectivity index (χ1v) is 5.56. The van der Waals surface area contributed by atoms with Crippen LogP contribution in [0.5, 0.6) is 0 Å². The van der Waals surface area contributed by atoms with Crippen molar-refractivity contribution in [3.63, 3.8) is 0 Å². The van der Waals surface area contributed by atoms with E-state index in [0.717, 1.165) is 16.9 Å². The van der Waals surface area contributed by atoms with Gasteiger partial charge in [-0.1, -0.05) is 26.8 Å². The fourth-order valence-corrected chi connectivity index (χ4v) is 1.68. The number of pyridine rings is 1. The van der Waals surface area contributed by atoms with Gasteiger partial charge >= 0.3 is 5.97 Å². The average Bonchev–Trinajstić information content (AvgIpc) is 2.58. The smallest absolute Gasteiger partial charge is 0.307 e. The lowest BCUT2D eigenvalue weighted by molar-refractivity contribution is -0.136. The van der Waals surface area contributed by atoms with Gasteiger partial charge < -0.3 is 9.51 Å². The van der Waals surface area contributed by atoms with E-state index >= 15 is 0 Å². The first kappa shape index (κ1) is 11.6. The van der Waals surface area contributed by atoms with Crippen molar-refractivity contribution in [2.75, 3.05) is 0 Å². The maximum atomic E-state index is 10.6. The summed E-state index contributed by atoms with van der Waals surface area (Å²) in [6.07, 6.45) is 3.82. The minimum absolute atomic E-state index is 0.00101. The Morgan fingerprint density at radius 3 is 2.65 bits per heavy atom. The van der Waals surface area contributed by atoms with Crippen LogP contribution < -0.4 is 0 Å². The van der Waals surface area contributed by atoms with Gasteiger partial charge in [0.1, 0.15) is 5.65 Å². The minimum atomic E-state index is -0.819. The molecular weight excluding hydrogens is 216 g/mol. The molecule has 0 unspecified atom stereocenters. The van der Waals surface area contributed by atoms with Crippen LogP contribution in [0.3, 0.4) is 0 Å². The standard InChI is InChI=1S/C13H16N2O2/c1-13(2,3)10-8-15-7-9(6-12(16)17)4-5-11(15)14-10/h4-5,7-8H,6H2,1-3H3,(H,16,17). The molecule has 0 aliphatic rings. The Hall–Kier alpha value is -1.84. The number of aromatic nitrogens is 2. The highest BCUT2D eigenvalue weighted by Crippen LogP contribution is 2.21. The van der Waals surface area contributed by atoms with E-state index in [9.17, 15) is 4.79 Å². The lowest BCUT2D eigenvalue weighted by Gasteiger charge is -2.13. The van der Waals surface area contributed by atoms with E-state index in [0.29, 0.717) is 0 Å². The van der Waals surface area contributed by atoms with Crippen molar-refractivity contribution in [3.05, 3.63) is 35.8 Å². The second-order valence-electron chi connectivity index (χ2n) is 5.25. The van der Waals surface area contributed by atoms with Crippen molar-refractivity contribution in [3.8, 4) is 0 Å². The molecule has 2 rings (SSSR count). The number of imidazole rings is 1. The number of aliphatic carboxylic acids is 1. The van der Waals surface area contributed by atoms with E-state index in [2.05, 4.69) is 25.8 Å². The highest BCUT2D eigenvalue weighted by Gasteiger charge is 2.17. The quantitative estimate of drug-likeness (QED) is 0.864. The van der Waals surface area contributed by atoms with E-state index in [1.807, 2.05) is 28.9 Å². The third kappa shape index (κ3) is 2.46. The molecule has 4 nitrogen and oxygen atoms in total. The molecule has 2 aromatic rings. The van der Waals surface area contributed by atoms with Crippen molar-refractivity contribution in [2.45, 2.75) is 32.6 Å². The Kier molecular flexibility index (Phi) is 2.65. The molecule has 2 heterocycles. The van der Waals surface area contributed by atoms with Gasteiger partial charge in [-0.25, -0.2) is 4.98 Å². The van der Waals surface area contributed by atoms with Crippen LogP contribution in [-0.2, 0) is 16.6 Å². The molecule has 2 aromatic heterocycles. The summed E-state index contributed by atoms with van der Waals surface area (Å²) < 4.78 is 1.89. The van der Waals surface area contributed by atoms with E-state index in [1.54, 1.807) is 0 Å². The zero-order valence-corrected chi connectivity index (χ0v) is 10.3. The Morgan fingerprint density at radius 1 is 1.35 bits per heavy atom. The van der Waals surface area contributed by atoms with E-state index < -0.39 is 5.97 Å². The Bertz CT molecular complexity index is 564.